The van der Waals surface area contributed by atoms with Gasteiger partial charge in [0.05, 0.1) is 12.4 Å². The van der Waals surface area contributed by atoms with E-state index in [0.29, 0.717) is 12.4 Å². The quantitative estimate of drug-likeness (QED) is 0.570. The van der Waals surface area contributed by atoms with Gasteiger partial charge in [0.15, 0.2) is 5.82 Å². The van der Waals surface area contributed by atoms with Gasteiger partial charge in [0.1, 0.15) is 5.69 Å². The molecule has 0 radical (unpaired) electrons. The molecule has 0 amide bonds. The number of hydrogen-bond donors (Lipinski definition) is 3. The summed E-state index contributed by atoms with van der Waals surface area (Å²) < 4.78 is 0. The third-order valence-electron chi connectivity index (χ3n) is 2.56. The number of hydrogen-bond acceptors (Lipinski definition) is 5. The first-order valence-electron chi connectivity index (χ1n) is 4.94. The lowest BCUT2D eigenvalue weighted by Gasteiger charge is -2.31. The van der Waals surface area contributed by atoms with Crippen LogP contribution in [0, 0.1) is 0 Å². The molecule has 2 heterocycles. The molecule has 1 aromatic heterocycles. The molecule has 4 N–H and O–H groups in total. The lowest BCUT2D eigenvalue weighted by Crippen LogP contribution is -2.39. The molecule has 0 bridgehead atoms. The molecule has 0 aliphatic carbocycles. The highest BCUT2D eigenvalue weighted by Gasteiger charge is 2.21. The van der Waals surface area contributed by atoms with E-state index in [2.05, 4.69) is 9.97 Å². The Morgan fingerprint density at radius 2 is 2.47 bits per heavy atom. The third kappa shape index (κ3) is 1.94. The number of aliphatic hydroxyl groups excluding tert-OH is 1. The summed E-state index contributed by atoms with van der Waals surface area (Å²) >= 11 is 0. The number of nitrogens with zero attached hydrogens (tertiary/aromatic N) is 2. The van der Waals surface area contributed by atoms with Gasteiger partial charge >= 0.3 is 0 Å². The molecule has 1 fully saturated rings. The van der Waals surface area contributed by atoms with Crippen LogP contribution in [0.25, 0.3) is 0 Å². The first-order chi connectivity index (χ1) is 7.18. The minimum Gasteiger partial charge on any atom is -0.391 e. The Kier molecular flexibility index (Phi) is 2.59. The lowest BCUT2D eigenvalue weighted by atomic mass is 10.1. The van der Waals surface area contributed by atoms with Crippen LogP contribution in [0.1, 0.15) is 12.8 Å². The zero-order valence-corrected chi connectivity index (χ0v) is 8.31. The number of anilines is 2. The molecule has 0 saturated carbocycles. The third-order valence-corrected chi connectivity index (χ3v) is 2.56. The van der Waals surface area contributed by atoms with Gasteiger partial charge in [-0.05, 0) is 12.8 Å². The van der Waals surface area contributed by atoms with Crippen LogP contribution >= 0.6 is 0 Å². The molecule has 1 saturated heterocycles. The van der Waals surface area contributed by atoms with Gasteiger partial charge in [-0.3, -0.25) is 4.79 Å². The topological polar surface area (TPSA) is 95.2 Å². The van der Waals surface area contributed by atoms with Gasteiger partial charge in [-0.2, -0.15) is 0 Å². The Labute approximate surface area is 86.7 Å². The van der Waals surface area contributed by atoms with Crippen LogP contribution in [0.2, 0.25) is 0 Å². The van der Waals surface area contributed by atoms with Gasteiger partial charge in [-0.1, -0.05) is 0 Å². The normalized spacial score (nSPS) is 21.7. The van der Waals surface area contributed by atoms with Crippen molar-refractivity contribution in [3.05, 3.63) is 16.7 Å². The van der Waals surface area contributed by atoms with Crippen molar-refractivity contribution in [2.24, 2.45) is 0 Å². The van der Waals surface area contributed by atoms with E-state index in [9.17, 15) is 9.90 Å². The summed E-state index contributed by atoms with van der Waals surface area (Å²) in [4.78, 5) is 19.5. The summed E-state index contributed by atoms with van der Waals surface area (Å²) in [5, 5.41) is 9.50. The Hall–Kier alpha value is -1.56. The first-order valence-corrected chi connectivity index (χ1v) is 4.94. The molecule has 1 aliphatic rings. The van der Waals surface area contributed by atoms with Crippen LogP contribution in [0.3, 0.4) is 0 Å². The molecule has 6 heteroatoms. The van der Waals surface area contributed by atoms with E-state index in [4.69, 9.17) is 5.73 Å². The second kappa shape index (κ2) is 3.90. The highest BCUT2D eigenvalue weighted by atomic mass is 16.3. The predicted molar refractivity (Wildman–Crippen MR) is 56.7 cm³/mol. The van der Waals surface area contributed by atoms with Crippen LogP contribution in [-0.2, 0) is 0 Å². The van der Waals surface area contributed by atoms with Crippen molar-refractivity contribution < 1.29 is 5.11 Å². The van der Waals surface area contributed by atoms with Crippen molar-refractivity contribution in [2.75, 3.05) is 23.7 Å². The second-order valence-corrected chi connectivity index (χ2v) is 3.71. The Morgan fingerprint density at radius 1 is 1.67 bits per heavy atom. The van der Waals surface area contributed by atoms with Crippen molar-refractivity contribution in [3.63, 3.8) is 0 Å². The van der Waals surface area contributed by atoms with Gasteiger partial charge in [0.2, 0.25) is 0 Å². The Morgan fingerprint density at radius 3 is 3.20 bits per heavy atom. The van der Waals surface area contributed by atoms with Gasteiger partial charge in [-0.25, -0.2) is 4.98 Å². The van der Waals surface area contributed by atoms with E-state index >= 15 is 0 Å². The Balaban J connectivity index is 2.28. The predicted octanol–water partition coefficient (Wildman–Crippen LogP) is -0.687. The van der Waals surface area contributed by atoms with E-state index in [1.807, 2.05) is 4.90 Å². The number of nitrogens with one attached hydrogen (secondary N) is 1. The maximum atomic E-state index is 11.3. The molecule has 2 rings (SSSR count). The van der Waals surface area contributed by atoms with Crippen molar-refractivity contribution in [3.8, 4) is 0 Å². The standard InChI is InChI=1S/C9H14N4O2/c10-7-8(11-5-12-9(7)15)13-3-1-2-6(14)4-13/h5-6,14H,1-4,10H2,(H,11,12,15). The Bertz CT molecular complexity index is 403. The van der Waals surface area contributed by atoms with Crippen molar-refractivity contribution >= 4 is 11.5 Å². The van der Waals surface area contributed by atoms with E-state index in [1.165, 1.54) is 6.33 Å². The highest BCUT2D eigenvalue weighted by Crippen LogP contribution is 2.20. The monoisotopic (exact) mass is 210 g/mol. The van der Waals surface area contributed by atoms with Gasteiger partial charge in [-0.15, -0.1) is 0 Å². The van der Waals surface area contributed by atoms with Crippen LogP contribution in [0.15, 0.2) is 11.1 Å². The lowest BCUT2D eigenvalue weighted by molar-refractivity contribution is 0.154. The number of aliphatic hydroxyl groups is 1. The summed E-state index contributed by atoms with van der Waals surface area (Å²) in [7, 11) is 0. The van der Waals surface area contributed by atoms with Crippen molar-refractivity contribution in [1.29, 1.82) is 0 Å². The average molecular weight is 210 g/mol. The number of rotatable bonds is 1. The maximum Gasteiger partial charge on any atom is 0.276 e. The fourth-order valence-electron chi connectivity index (χ4n) is 1.80. The summed E-state index contributed by atoms with van der Waals surface area (Å²) in [5.74, 6) is 0.470. The number of nitrogen functional groups attached to an aromatic ring is 1. The molecule has 1 atom stereocenters. The number of aromatic nitrogens is 2. The average Bonchev–Trinajstić information content (AvgIpc) is 2.22. The number of aromatic amines is 1. The minimum atomic E-state index is -0.362. The van der Waals surface area contributed by atoms with Crippen LogP contribution in [0.5, 0.6) is 0 Å². The van der Waals surface area contributed by atoms with Gasteiger partial charge < -0.3 is 20.7 Å². The summed E-state index contributed by atoms with van der Waals surface area (Å²) in [5.41, 5.74) is 5.41. The molecule has 1 aromatic rings. The van der Waals surface area contributed by atoms with E-state index in [-0.39, 0.29) is 17.4 Å². The number of β-amino-alcohol motifs (C(OH)–C–C–N with tert-alkyl or cyclic N) is 1. The molecular formula is C9H14N4O2. The number of H-pyrrole nitrogens is 1. The fraction of sp³-hybridized carbons (Fsp3) is 0.556. The molecule has 82 valence electrons. The highest BCUT2D eigenvalue weighted by molar-refractivity contribution is 5.61. The molecule has 1 unspecified atom stereocenters. The summed E-state index contributed by atoms with van der Waals surface area (Å²) in [6.07, 6.45) is 2.64. The zero-order chi connectivity index (χ0) is 10.8. The SMILES string of the molecule is Nc1c(N2CCCC(O)C2)nc[nH]c1=O. The smallest absolute Gasteiger partial charge is 0.276 e. The van der Waals surface area contributed by atoms with E-state index in [1.54, 1.807) is 0 Å². The molecule has 0 aromatic carbocycles. The molecule has 0 spiro atoms. The molecule has 1 aliphatic heterocycles. The molecular weight excluding hydrogens is 196 g/mol. The minimum absolute atomic E-state index is 0.117. The van der Waals surface area contributed by atoms with Crippen LogP contribution in [0.4, 0.5) is 11.5 Å². The van der Waals surface area contributed by atoms with Gasteiger partial charge in [0.25, 0.3) is 5.56 Å². The first kappa shape index (κ1) is 9.97. The summed E-state index contributed by atoms with van der Waals surface area (Å²) in [6, 6.07) is 0. The van der Waals surface area contributed by atoms with Crippen LogP contribution in [-0.4, -0.2) is 34.3 Å². The summed E-state index contributed by atoms with van der Waals surface area (Å²) in [6.45, 7) is 1.26. The fourth-order valence-corrected chi connectivity index (χ4v) is 1.80. The van der Waals surface area contributed by atoms with E-state index in [0.717, 1.165) is 19.4 Å². The van der Waals surface area contributed by atoms with Crippen molar-refractivity contribution in [1.82, 2.24) is 9.97 Å². The van der Waals surface area contributed by atoms with Crippen molar-refractivity contribution in [2.45, 2.75) is 18.9 Å². The number of piperidine rings is 1. The van der Waals surface area contributed by atoms with Crippen LogP contribution < -0.4 is 16.2 Å². The zero-order valence-electron chi connectivity index (χ0n) is 8.31. The number of nitrogens with two attached hydrogens (primary N) is 1. The molecule has 6 nitrogen and oxygen atoms in total. The molecule has 15 heavy (non-hydrogen) atoms. The van der Waals surface area contributed by atoms with Gasteiger partial charge in [0, 0.05) is 13.1 Å². The largest absolute Gasteiger partial charge is 0.391 e. The second-order valence-electron chi connectivity index (χ2n) is 3.71. The van der Waals surface area contributed by atoms with E-state index < -0.39 is 0 Å². The maximum absolute atomic E-state index is 11.3.